The number of nitrogens with one attached hydrogen (secondary N) is 1. The van der Waals surface area contributed by atoms with E-state index in [0.29, 0.717) is 27.4 Å². The molecule has 2 rings (SSSR count). The van der Waals surface area contributed by atoms with Crippen LogP contribution in [0.1, 0.15) is 26.3 Å². The molecule has 1 amide bonds. The lowest BCUT2D eigenvalue weighted by Gasteiger charge is -2.11. The molecule has 0 spiro atoms. The van der Waals surface area contributed by atoms with Gasteiger partial charge in [-0.2, -0.15) is 0 Å². The van der Waals surface area contributed by atoms with Gasteiger partial charge in [0.25, 0.3) is 5.91 Å². The van der Waals surface area contributed by atoms with Gasteiger partial charge in [0.15, 0.2) is 0 Å². The molecule has 0 aliphatic heterocycles. The van der Waals surface area contributed by atoms with Gasteiger partial charge in [0.05, 0.1) is 12.7 Å². The van der Waals surface area contributed by atoms with E-state index in [0.717, 1.165) is 0 Å². The topological polar surface area (TPSA) is 55.4 Å². The predicted molar refractivity (Wildman–Crippen MR) is 81.9 cm³/mol. The number of rotatable bonds is 3. The number of carbonyl (C=O) groups is 2. The minimum atomic E-state index is -0.439. The highest BCUT2D eigenvalue weighted by Gasteiger charge is 2.14. The van der Waals surface area contributed by atoms with Crippen LogP contribution in [0.4, 0.5) is 5.69 Å². The highest BCUT2D eigenvalue weighted by atomic mass is 35.5. The Labute approximate surface area is 127 Å². The van der Waals surface area contributed by atoms with Crippen LogP contribution >= 0.6 is 11.6 Å². The molecule has 2 aromatic carbocycles. The number of carbonyl (C=O) groups excluding carboxylic acids is 2. The molecule has 0 aliphatic carbocycles. The highest BCUT2D eigenvalue weighted by Crippen LogP contribution is 2.21. The van der Waals surface area contributed by atoms with Crippen molar-refractivity contribution < 1.29 is 14.3 Å². The van der Waals surface area contributed by atoms with Crippen LogP contribution in [0, 0.1) is 6.92 Å². The second kappa shape index (κ2) is 6.41. The third kappa shape index (κ3) is 3.41. The average molecular weight is 304 g/mol. The Balaban J connectivity index is 2.28. The molecule has 1 N–H and O–H groups in total. The van der Waals surface area contributed by atoms with Crippen molar-refractivity contribution in [3.63, 3.8) is 0 Å². The zero-order valence-electron chi connectivity index (χ0n) is 11.6. The maximum Gasteiger partial charge on any atom is 0.338 e. The Bertz CT molecular complexity index is 698. The molecule has 21 heavy (non-hydrogen) atoms. The largest absolute Gasteiger partial charge is 0.465 e. The van der Waals surface area contributed by atoms with E-state index in [1.807, 2.05) is 0 Å². The van der Waals surface area contributed by atoms with Gasteiger partial charge in [-0.3, -0.25) is 4.79 Å². The molecule has 0 heterocycles. The minimum absolute atomic E-state index is 0.289. The number of halogens is 1. The molecule has 0 fully saturated rings. The first kappa shape index (κ1) is 15.1. The van der Waals surface area contributed by atoms with Gasteiger partial charge in [0.1, 0.15) is 0 Å². The van der Waals surface area contributed by atoms with E-state index in [4.69, 9.17) is 16.3 Å². The SMILES string of the molecule is COC(=O)c1cccc(NC(=O)c2cccc(Cl)c2)c1C. The number of hydrogen-bond acceptors (Lipinski definition) is 3. The maximum absolute atomic E-state index is 12.2. The molecule has 0 atom stereocenters. The summed E-state index contributed by atoms with van der Waals surface area (Å²) in [5.41, 5.74) is 2.08. The standard InChI is InChI=1S/C16H14ClNO3/c1-10-13(16(20)21-2)7-4-8-14(10)18-15(19)11-5-3-6-12(17)9-11/h3-9H,1-2H3,(H,18,19). The van der Waals surface area contributed by atoms with Crippen LogP contribution in [0.5, 0.6) is 0 Å². The summed E-state index contributed by atoms with van der Waals surface area (Å²) in [4.78, 5) is 23.8. The first-order valence-electron chi connectivity index (χ1n) is 6.27. The Morgan fingerprint density at radius 3 is 2.52 bits per heavy atom. The van der Waals surface area contributed by atoms with Gasteiger partial charge in [-0.1, -0.05) is 23.7 Å². The highest BCUT2D eigenvalue weighted by molar-refractivity contribution is 6.31. The Morgan fingerprint density at radius 2 is 1.86 bits per heavy atom. The molecule has 0 saturated heterocycles. The first-order chi connectivity index (χ1) is 10.0. The number of esters is 1. The molecule has 0 saturated carbocycles. The van der Waals surface area contributed by atoms with Crippen molar-refractivity contribution in [2.45, 2.75) is 6.92 Å². The molecule has 0 radical (unpaired) electrons. The van der Waals surface area contributed by atoms with Crippen LogP contribution in [0.25, 0.3) is 0 Å². The molecule has 108 valence electrons. The zero-order chi connectivity index (χ0) is 15.4. The van der Waals surface area contributed by atoms with Crippen LogP contribution in [-0.2, 0) is 4.74 Å². The number of hydrogen-bond donors (Lipinski definition) is 1. The van der Waals surface area contributed by atoms with Crippen molar-refractivity contribution in [1.82, 2.24) is 0 Å². The minimum Gasteiger partial charge on any atom is -0.465 e. The van der Waals surface area contributed by atoms with Crippen molar-refractivity contribution in [1.29, 1.82) is 0 Å². The molecule has 5 heteroatoms. The number of benzene rings is 2. The fourth-order valence-corrected chi connectivity index (χ4v) is 2.12. The Morgan fingerprint density at radius 1 is 1.14 bits per heavy atom. The molecule has 4 nitrogen and oxygen atoms in total. The monoisotopic (exact) mass is 303 g/mol. The third-order valence-electron chi connectivity index (χ3n) is 3.07. The Kier molecular flexibility index (Phi) is 4.60. The number of amides is 1. The van der Waals surface area contributed by atoms with Gasteiger partial charge in [-0.25, -0.2) is 4.79 Å². The van der Waals surface area contributed by atoms with Crippen LogP contribution < -0.4 is 5.32 Å². The van der Waals surface area contributed by atoms with Crippen LogP contribution in [0.3, 0.4) is 0 Å². The fraction of sp³-hybridized carbons (Fsp3) is 0.125. The van der Waals surface area contributed by atoms with E-state index in [9.17, 15) is 9.59 Å². The molecular weight excluding hydrogens is 290 g/mol. The lowest BCUT2D eigenvalue weighted by molar-refractivity contribution is 0.0599. The van der Waals surface area contributed by atoms with Crippen molar-refractivity contribution in [3.8, 4) is 0 Å². The van der Waals surface area contributed by atoms with E-state index >= 15 is 0 Å². The summed E-state index contributed by atoms with van der Waals surface area (Å²) >= 11 is 5.87. The Hall–Kier alpha value is -2.33. The number of methoxy groups -OCH3 is 1. The summed E-state index contributed by atoms with van der Waals surface area (Å²) in [5, 5.41) is 3.26. The first-order valence-corrected chi connectivity index (χ1v) is 6.65. The van der Waals surface area contributed by atoms with Crippen LogP contribution in [0.2, 0.25) is 5.02 Å². The van der Waals surface area contributed by atoms with Crippen molar-refractivity contribution in [3.05, 3.63) is 64.2 Å². The van der Waals surface area contributed by atoms with E-state index in [-0.39, 0.29) is 5.91 Å². The third-order valence-corrected chi connectivity index (χ3v) is 3.31. The van der Waals surface area contributed by atoms with Gasteiger partial charge < -0.3 is 10.1 Å². The number of ether oxygens (including phenoxy) is 1. The van der Waals surface area contributed by atoms with E-state index < -0.39 is 5.97 Å². The van der Waals surface area contributed by atoms with Gasteiger partial charge in [0.2, 0.25) is 0 Å². The summed E-state index contributed by atoms with van der Waals surface area (Å²) in [5.74, 6) is -0.728. The molecule has 0 aliphatic rings. The normalized spacial score (nSPS) is 10.0. The molecule has 0 unspecified atom stereocenters. The summed E-state index contributed by atoms with van der Waals surface area (Å²) < 4.78 is 4.71. The van der Waals surface area contributed by atoms with Crippen LogP contribution in [0.15, 0.2) is 42.5 Å². The smallest absolute Gasteiger partial charge is 0.338 e. The summed E-state index contributed by atoms with van der Waals surface area (Å²) in [6.45, 7) is 1.75. The lowest BCUT2D eigenvalue weighted by Crippen LogP contribution is -2.14. The van der Waals surface area contributed by atoms with Gasteiger partial charge >= 0.3 is 5.97 Å². The van der Waals surface area contributed by atoms with Crippen molar-refractivity contribution >= 4 is 29.2 Å². The predicted octanol–water partition coefficient (Wildman–Crippen LogP) is 3.69. The molecule has 0 bridgehead atoms. The molecule has 0 aromatic heterocycles. The maximum atomic E-state index is 12.2. The second-order valence-electron chi connectivity index (χ2n) is 4.43. The van der Waals surface area contributed by atoms with Crippen molar-refractivity contribution in [2.75, 3.05) is 12.4 Å². The quantitative estimate of drug-likeness (QED) is 0.880. The van der Waals surface area contributed by atoms with E-state index in [1.165, 1.54) is 7.11 Å². The summed E-state index contributed by atoms with van der Waals surface area (Å²) in [6, 6.07) is 11.7. The van der Waals surface area contributed by atoms with Gasteiger partial charge in [-0.15, -0.1) is 0 Å². The van der Waals surface area contributed by atoms with Crippen molar-refractivity contribution in [2.24, 2.45) is 0 Å². The van der Waals surface area contributed by atoms with E-state index in [2.05, 4.69) is 5.32 Å². The summed E-state index contributed by atoms with van der Waals surface area (Å²) in [7, 11) is 1.32. The second-order valence-corrected chi connectivity index (χ2v) is 4.87. The van der Waals surface area contributed by atoms with E-state index in [1.54, 1.807) is 49.4 Å². The summed E-state index contributed by atoms with van der Waals surface area (Å²) in [6.07, 6.45) is 0. The fourth-order valence-electron chi connectivity index (χ4n) is 1.93. The van der Waals surface area contributed by atoms with Gasteiger partial charge in [-0.05, 0) is 42.8 Å². The molecular formula is C16H14ClNO3. The zero-order valence-corrected chi connectivity index (χ0v) is 12.4. The van der Waals surface area contributed by atoms with Gasteiger partial charge in [0, 0.05) is 16.3 Å². The number of anilines is 1. The van der Waals surface area contributed by atoms with Crippen LogP contribution in [-0.4, -0.2) is 19.0 Å². The molecule has 2 aromatic rings. The average Bonchev–Trinajstić information content (AvgIpc) is 2.48. The lowest BCUT2D eigenvalue weighted by atomic mass is 10.1.